The van der Waals surface area contributed by atoms with E-state index in [4.69, 9.17) is 29.5 Å². The Labute approximate surface area is 104 Å². The van der Waals surface area contributed by atoms with E-state index >= 15 is 0 Å². The summed E-state index contributed by atoms with van der Waals surface area (Å²) >= 11 is 9.58. The van der Waals surface area contributed by atoms with Crippen molar-refractivity contribution in [1.82, 2.24) is 21.5 Å². The molecule has 0 aliphatic heterocycles. The molecule has 0 saturated carbocycles. The SMILES string of the molecule is CNC(=S)NN=CC(CO)=NNC(=S)NC. The Balaban J connectivity index is 4.18. The maximum absolute atomic E-state index is 8.93. The van der Waals surface area contributed by atoms with Crippen molar-refractivity contribution in [3.63, 3.8) is 0 Å². The topological polar surface area (TPSA) is 93.1 Å². The molecule has 16 heavy (non-hydrogen) atoms. The molecule has 9 heteroatoms. The Bertz CT molecular complexity index is 303. The molecule has 90 valence electrons. The highest BCUT2D eigenvalue weighted by Crippen LogP contribution is 1.73. The van der Waals surface area contributed by atoms with Crippen LogP contribution in [0.5, 0.6) is 0 Å². The van der Waals surface area contributed by atoms with Crippen LogP contribution in [-0.4, -0.2) is 48.0 Å². The summed E-state index contributed by atoms with van der Waals surface area (Å²) < 4.78 is 0. The van der Waals surface area contributed by atoms with Crippen molar-refractivity contribution in [3.8, 4) is 0 Å². The molecule has 0 unspecified atom stereocenters. The molecule has 0 aliphatic carbocycles. The van der Waals surface area contributed by atoms with Crippen LogP contribution < -0.4 is 21.5 Å². The third-order valence-electron chi connectivity index (χ3n) is 1.30. The number of aliphatic hydroxyl groups excluding tert-OH is 1. The van der Waals surface area contributed by atoms with E-state index in [0.717, 1.165) is 0 Å². The Morgan fingerprint density at radius 2 is 1.75 bits per heavy atom. The lowest BCUT2D eigenvalue weighted by Gasteiger charge is -2.02. The molecule has 0 aromatic heterocycles. The number of nitrogens with one attached hydrogen (secondary N) is 4. The second-order valence-corrected chi connectivity index (χ2v) is 3.22. The number of rotatable bonds is 4. The van der Waals surface area contributed by atoms with E-state index in [1.807, 2.05) is 0 Å². The van der Waals surface area contributed by atoms with E-state index in [9.17, 15) is 0 Å². The highest BCUT2D eigenvalue weighted by atomic mass is 32.1. The molecule has 0 radical (unpaired) electrons. The average Bonchev–Trinajstić information content (AvgIpc) is 2.32. The van der Waals surface area contributed by atoms with Gasteiger partial charge in [0.1, 0.15) is 5.71 Å². The Hall–Kier alpha value is -1.32. The molecule has 0 rings (SSSR count). The van der Waals surface area contributed by atoms with Crippen LogP contribution in [0.2, 0.25) is 0 Å². The van der Waals surface area contributed by atoms with E-state index in [1.54, 1.807) is 14.1 Å². The van der Waals surface area contributed by atoms with Gasteiger partial charge >= 0.3 is 0 Å². The van der Waals surface area contributed by atoms with E-state index in [2.05, 4.69) is 31.7 Å². The largest absolute Gasteiger partial charge is 0.390 e. The zero-order valence-electron chi connectivity index (χ0n) is 8.94. The van der Waals surface area contributed by atoms with E-state index in [0.29, 0.717) is 15.9 Å². The van der Waals surface area contributed by atoms with Gasteiger partial charge in [0.25, 0.3) is 0 Å². The third-order valence-corrected chi connectivity index (χ3v) is 1.89. The van der Waals surface area contributed by atoms with Gasteiger partial charge in [-0.15, -0.1) is 0 Å². The summed E-state index contributed by atoms with van der Waals surface area (Å²) in [6, 6.07) is 0. The van der Waals surface area contributed by atoms with Gasteiger partial charge in [-0.25, -0.2) is 0 Å². The molecule has 0 amide bonds. The first kappa shape index (κ1) is 14.7. The van der Waals surface area contributed by atoms with Gasteiger partial charge in [-0.1, -0.05) is 0 Å². The summed E-state index contributed by atoms with van der Waals surface area (Å²) in [4.78, 5) is 0. The minimum Gasteiger partial charge on any atom is -0.390 e. The van der Waals surface area contributed by atoms with Crippen LogP contribution in [0.4, 0.5) is 0 Å². The number of thiocarbonyl (C=S) groups is 2. The van der Waals surface area contributed by atoms with Crippen molar-refractivity contribution in [2.75, 3.05) is 20.7 Å². The highest BCUT2D eigenvalue weighted by molar-refractivity contribution is 7.80. The maximum Gasteiger partial charge on any atom is 0.186 e. The van der Waals surface area contributed by atoms with Crippen LogP contribution in [0, 0.1) is 0 Å². The number of nitrogens with zero attached hydrogens (tertiary/aromatic N) is 2. The molecular formula is C7H14N6OS2. The summed E-state index contributed by atoms with van der Waals surface area (Å²) in [5, 5.41) is 22.5. The fourth-order valence-corrected chi connectivity index (χ4v) is 0.603. The van der Waals surface area contributed by atoms with Crippen molar-refractivity contribution < 1.29 is 5.11 Å². The molecular weight excluding hydrogens is 248 g/mol. The quantitative estimate of drug-likeness (QED) is 0.239. The van der Waals surface area contributed by atoms with Gasteiger partial charge in [0.15, 0.2) is 10.2 Å². The first-order valence-corrected chi connectivity index (χ1v) is 5.11. The number of aliphatic hydroxyl groups is 1. The summed E-state index contributed by atoms with van der Waals surface area (Å²) in [5.74, 6) is 0. The zero-order valence-corrected chi connectivity index (χ0v) is 10.6. The normalized spacial score (nSPS) is 11.1. The predicted molar refractivity (Wildman–Crippen MR) is 72.6 cm³/mol. The predicted octanol–water partition coefficient (Wildman–Crippen LogP) is -1.49. The third kappa shape index (κ3) is 7.04. The molecule has 0 aromatic rings. The number of hydrogen-bond acceptors (Lipinski definition) is 5. The second kappa shape index (κ2) is 8.95. The lowest BCUT2D eigenvalue weighted by molar-refractivity contribution is 0.359. The van der Waals surface area contributed by atoms with E-state index in [1.165, 1.54) is 6.21 Å². The number of hydrogen-bond donors (Lipinski definition) is 5. The standard InChI is InChI=1S/C7H14N6OS2/c1-8-6(15)12-10-3-5(4-14)11-13-7(16)9-2/h3,14H,4H2,1-2H3,(H2,8,12,15)(H2,9,13,16). The highest BCUT2D eigenvalue weighted by Gasteiger charge is 1.94. The fraction of sp³-hybridized carbons (Fsp3) is 0.429. The van der Waals surface area contributed by atoms with Crippen LogP contribution in [0.15, 0.2) is 10.2 Å². The minimum atomic E-state index is -0.267. The van der Waals surface area contributed by atoms with Crippen molar-refractivity contribution >= 4 is 46.6 Å². The fourth-order valence-electron chi connectivity index (χ4n) is 0.505. The van der Waals surface area contributed by atoms with Gasteiger partial charge in [-0.2, -0.15) is 10.2 Å². The van der Waals surface area contributed by atoms with Crippen molar-refractivity contribution in [1.29, 1.82) is 0 Å². The molecule has 7 nitrogen and oxygen atoms in total. The van der Waals surface area contributed by atoms with Gasteiger partial charge in [-0.05, 0) is 24.4 Å². The molecule has 5 N–H and O–H groups in total. The van der Waals surface area contributed by atoms with Gasteiger partial charge < -0.3 is 15.7 Å². The average molecular weight is 262 g/mol. The summed E-state index contributed by atoms with van der Waals surface area (Å²) in [6.07, 6.45) is 1.33. The van der Waals surface area contributed by atoms with Crippen molar-refractivity contribution in [2.45, 2.75) is 0 Å². The molecule has 0 bridgehead atoms. The Kier molecular flexibility index (Phi) is 8.21. The summed E-state index contributed by atoms with van der Waals surface area (Å²) in [7, 11) is 3.32. The zero-order chi connectivity index (χ0) is 12.4. The van der Waals surface area contributed by atoms with Crippen LogP contribution in [-0.2, 0) is 0 Å². The van der Waals surface area contributed by atoms with Crippen molar-refractivity contribution in [2.24, 2.45) is 10.2 Å². The van der Waals surface area contributed by atoms with Gasteiger partial charge in [0.2, 0.25) is 0 Å². The van der Waals surface area contributed by atoms with E-state index < -0.39 is 0 Å². The Morgan fingerprint density at radius 1 is 1.19 bits per heavy atom. The second-order valence-electron chi connectivity index (χ2n) is 2.40. The van der Waals surface area contributed by atoms with Gasteiger partial charge in [0.05, 0.1) is 12.8 Å². The molecule has 0 saturated heterocycles. The monoisotopic (exact) mass is 262 g/mol. The van der Waals surface area contributed by atoms with Gasteiger partial charge in [0, 0.05) is 14.1 Å². The van der Waals surface area contributed by atoms with Crippen LogP contribution in [0.3, 0.4) is 0 Å². The smallest absolute Gasteiger partial charge is 0.186 e. The van der Waals surface area contributed by atoms with Gasteiger partial charge in [-0.3, -0.25) is 10.9 Å². The lowest BCUT2D eigenvalue weighted by atomic mass is 10.4. The lowest BCUT2D eigenvalue weighted by Crippen LogP contribution is -2.31. The maximum atomic E-state index is 8.93. The van der Waals surface area contributed by atoms with Crippen LogP contribution in [0.1, 0.15) is 0 Å². The molecule has 0 atom stereocenters. The number of hydrazone groups is 2. The minimum absolute atomic E-state index is 0.267. The van der Waals surface area contributed by atoms with Crippen LogP contribution in [0.25, 0.3) is 0 Å². The molecule has 0 fully saturated rings. The van der Waals surface area contributed by atoms with Crippen LogP contribution >= 0.6 is 24.4 Å². The molecule has 0 aliphatic rings. The Morgan fingerprint density at radius 3 is 2.25 bits per heavy atom. The molecule has 0 heterocycles. The molecule has 0 spiro atoms. The van der Waals surface area contributed by atoms with E-state index in [-0.39, 0.29) is 6.61 Å². The summed E-state index contributed by atoms with van der Waals surface area (Å²) in [6.45, 7) is -0.267. The first-order valence-electron chi connectivity index (χ1n) is 4.30. The first-order chi connectivity index (χ1) is 7.63. The molecule has 0 aromatic carbocycles. The summed E-state index contributed by atoms with van der Waals surface area (Å²) in [5.41, 5.74) is 5.35. The van der Waals surface area contributed by atoms with Crippen molar-refractivity contribution in [3.05, 3.63) is 0 Å².